The number of benzene rings is 2. The summed E-state index contributed by atoms with van der Waals surface area (Å²) in [6.07, 6.45) is 0. The van der Waals surface area contributed by atoms with Gasteiger partial charge in [-0.3, -0.25) is 4.72 Å². The highest BCUT2D eigenvalue weighted by molar-refractivity contribution is 9.10. The van der Waals surface area contributed by atoms with Crippen molar-refractivity contribution >= 4 is 43.2 Å². The van der Waals surface area contributed by atoms with Crippen molar-refractivity contribution in [3.05, 3.63) is 57.3 Å². The quantitative estimate of drug-likeness (QED) is 0.833. The van der Waals surface area contributed by atoms with Crippen LogP contribution in [0.5, 0.6) is 0 Å². The summed E-state index contributed by atoms with van der Waals surface area (Å²) in [5, 5.41) is 9.37. The Hall–Kier alpha value is -1.15. The normalized spacial score (nSPS) is 11.4. The summed E-state index contributed by atoms with van der Waals surface area (Å²) >= 11 is 8.90. The summed E-state index contributed by atoms with van der Waals surface area (Å²) in [5.41, 5.74) is 0.0881. The van der Waals surface area contributed by atoms with Gasteiger partial charge in [0.25, 0.3) is 10.0 Å². The van der Waals surface area contributed by atoms with Gasteiger partial charge in [-0.15, -0.1) is 0 Å². The standard InChI is InChI=1S/C13H10BrClFNO3S/c14-10-2-1-3-12(16)13(10)17-21(19,20)9-4-5-11(15)8(6-9)7-18/h1-6,17-18H,7H2. The Balaban J connectivity index is 2.44. The van der Waals surface area contributed by atoms with E-state index < -0.39 is 22.4 Å². The van der Waals surface area contributed by atoms with Crippen molar-refractivity contribution < 1.29 is 17.9 Å². The molecule has 8 heteroatoms. The van der Waals surface area contributed by atoms with Gasteiger partial charge < -0.3 is 5.11 Å². The van der Waals surface area contributed by atoms with Crippen LogP contribution in [0, 0.1) is 5.82 Å². The molecule has 0 unspecified atom stereocenters. The van der Waals surface area contributed by atoms with E-state index in [0.29, 0.717) is 0 Å². The number of hydrogen-bond acceptors (Lipinski definition) is 3. The fourth-order valence-corrected chi connectivity index (χ4v) is 3.52. The first-order valence-electron chi connectivity index (χ1n) is 5.71. The molecule has 2 N–H and O–H groups in total. The van der Waals surface area contributed by atoms with Crippen molar-refractivity contribution in [1.29, 1.82) is 0 Å². The molecular weight excluding hydrogens is 385 g/mol. The van der Waals surface area contributed by atoms with Gasteiger partial charge in [-0.25, -0.2) is 12.8 Å². The molecule has 0 aliphatic carbocycles. The van der Waals surface area contributed by atoms with Crippen LogP contribution >= 0.6 is 27.5 Å². The van der Waals surface area contributed by atoms with E-state index in [-0.39, 0.29) is 25.6 Å². The van der Waals surface area contributed by atoms with Gasteiger partial charge in [-0.1, -0.05) is 17.7 Å². The number of nitrogens with one attached hydrogen (secondary N) is 1. The molecule has 0 radical (unpaired) electrons. The minimum atomic E-state index is -4.00. The van der Waals surface area contributed by atoms with E-state index in [1.165, 1.54) is 30.3 Å². The molecule has 0 fully saturated rings. The van der Waals surface area contributed by atoms with Crippen molar-refractivity contribution in [2.24, 2.45) is 0 Å². The van der Waals surface area contributed by atoms with Crippen LogP contribution in [0.15, 0.2) is 45.8 Å². The lowest BCUT2D eigenvalue weighted by molar-refractivity contribution is 0.281. The van der Waals surface area contributed by atoms with Crippen LogP contribution < -0.4 is 4.72 Å². The van der Waals surface area contributed by atoms with E-state index in [2.05, 4.69) is 20.7 Å². The van der Waals surface area contributed by atoms with E-state index in [4.69, 9.17) is 16.7 Å². The Morgan fingerprint density at radius 2 is 2.00 bits per heavy atom. The van der Waals surface area contributed by atoms with Crippen molar-refractivity contribution in [1.82, 2.24) is 0 Å². The molecule has 0 aliphatic heterocycles. The largest absolute Gasteiger partial charge is 0.392 e. The number of hydrogen-bond donors (Lipinski definition) is 2. The van der Waals surface area contributed by atoms with Crippen molar-refractivity contribution in [2.45, 2.75) is 11.5 Å². The highest BCUT2D eigenvalue weighted by Gasteiger charge is 2.19. The first kappa shape index (κ1) is 16.2. The molecule has 21 heavy (non-hydrogen) atoms. The topological polar surface area (TPSA) is 66.4 Å². The van der Waals surface area contributed by atoms with Gasteiger partial charge in [-0.05, 0) is 51.8 Å². The molecule has 0 spiro atoms. The smallest absolute Gasteiger partial charge is 0.262 e. The third-order valence-electron chi connectivity index (χ3n) is 2.70. The molecule has 2 aromatic rings. The average molecular weight is 395 g/mol. The summed E-state index contributed by atoms with van der Waals surface area (Å²) < 4.78 is 40.7. The van der Waals surface area contributed by atoms with Crippen molar-refractivity contribution in [2.75, 3.05) is 4.72 Å². The van der Waals surface area contributed by atoms with E-state index in [9.17, 15) is 12.8 Å². The number of aliphatic hydroxyl groups excluding tert-OH is 1. The number of anilines is 1. The predicted molar refractivity (Wildman–Crippen MR) is 82.3 cm³/mol. The molecule has 0 amide bonds. The van der Waals surface area contributed by atoms with Crippen molar-refractivity contribution in [3.8, 4) is 0 Å². The zero-order valence-electron chi connectivity index (χ0n) is 10.5. The number of aliphatic hydroxyl groups is 1. The number of rotatable bonds is 4. The maximum atomic E-state index is 13.7. The molecule has 0 aromatic heterocycles. The van der Waals surface area contributed by atoms with E-state index >= 15 is 0 Å². The molecule has 0 heterocycles. The maximum absolute atomic E-state index is 13.7. The predicted octanol–water partition coefficient (Wildman–Crippen LogP) is 3.53. The molecule has 2 aromatic carbocycles. The zero-order chi connectivity index (χ0) is 15.6. The van der Waals surface area contributed by atoms with Crippen LogP contribution in [0.1, 0.15) is 5.56 Å². The number of sulfonamides is 1. The van der Waals surface area contributed by atoms with Gasteiger partial charge in [0.2, 0.25) is 0 Å². The first-order valence-corrected chi connectivity index (χ1v) is 8.36. The fraction of sp³-hybridized carbons (Fsp3) is 0.0769. The molecule has 0 atom stereocenters. The highest BCUT2D eigenvalue weighted by Crippen LogP contribution is 2.28. The van der Waals surface area contributed by atoms with Crippen LogP contribution in [0.2, 0.25) is 5.02 Å². The van der Waals surface area contributed by atoms with E-state index in [0.717, 1.165) is 6.07 Å². The van der Waals surface area contributed by atoms with Gasteiger partial charge >= 0.3 is 0 Å². The summed E-state index contributed by atoms with van der Waals surface area (Å²) in [7, 11) is -4.00. The second-order valence-corrected chi connectivity index (χ2v) is 7.06. The lowest BCUT2D eigenvalue weighted by Crippen LogP contribution is -2.14. The van der Waals surface area contributed by atoms with E-state index in [1.54, 1.807) is 0 Å². The number of para-hydroxylation sites is 1. The van der Waals surface area contributed by atoms with Crippen molar-refractivity contribution in [3.63, 3.8) is 0 Å². The highest BCUT2D eigenvalue weighted by atomic mass is 79.9. The minimum Gasteiger partial charge on any atom is -0.392 e. The second-order valence-electron chi connectivity index (χ2n) is 4.11. The molecule has 0 saturated heterocycles. The lowest BCUT2D eigenvalue weighted by atomic mass is 10.2. The van der Waals surface area contributed by atoms with Gasteiger partial charge in [0.05, 0.1) is 17.2 Å². The first-order chi connectivity index (χ1) is 9.85. The third-order valence-corrected chi connectivity index (χ3v) is 5.07. The van der Waals surface area contributed by atoms with E-state index in [1.807, 2.05) is 0 Å². The van der Waals surface area contributed by atoms with Gasteiger partial charge in [0.15, 0.2) is 0 Å². The summed E-state index contributed by atoms with van der Waals surface area (Å²) in [5.74, 6) is -0.704. The summed E-state index contributed by atoms with van der Waals surface area (Å²) in [4.78, 5) is -0.119. The average Bonchev–Trinajstić information content (AvgIpc) is 2.43. The molecule has 4 nitrogen and oxygen atoms in total. The van der Waals surface area contributed by atoms with Crippen LogP contribution in [0.4, 0.5) is 10.1 Å². The Labute approximate surface area is 134 Å². The van der Waals surface area contributed by atoms with Gasteiger partial charge in [0.1, 0.15) is 5.82 Å². The fourth-order valence-electron chi connectivity index (χ4n) is 1.63. The second kappa shape index (κ2) is 6.31. The molecule has 0 aliphatic rings. The Morgan fingerprint density at radius 3 is 2.62 bits per heavy atom. The lowest BCUT2D eigenvalue weighted by Gasteiger charge is -2.11. The monoisotopic (exact) mass is 393 g/mol. The number of halogens is 3. The van der Waals surface area contributed by atoms with Crippen LogP contribution in [-0.2, 0) is 16.6 Å². The van der Waals surface area contributed by atoms with Crippen LogP contribution in [0.25, 0.3) is 0 Å². The molecule has 2 rings (SSSR count). The Bertz CT molecular complexity index is 763. The molecular formula is C13H10BrClFNO3S. The van der Waals surface area contributed by atoms with Crippen LogP contribution in [0.3, 0.4) is 0 Å². The molecule has 112 valence electrons. The zero-order valence-corrected chi connectivity index (χ0v) is 13.6. The maximum Gasteiger partial charge on any atom is 0.262 e. The van der Waals surface area contributed by atoms with Gasteiger partial charge in [-0.2, -0.15) is 0 Å². The SMILES string of the molecule is O=S(=O)(Nc1c(F)cccc1Br)c1ccc(Cl)c(CO)c1. The third kappa shape index (κ3) is 3.55. The van der Waals surface area contributed by atoms with Gasteiger partial charge in [0, 0.05) is 9.50 Å². The van der Waals surface area contributed by atoms with Crippen LogP contribution in [-0.4, -0.2) is 13.5 Å². The Kier molecular flexibility index (Phi) is 4.88. The Morgan fingerprint density at radius 1 is 1.29 bits per heavy atom. The minimum absolute atomic E-state index is 0.119. The summed E-state index contributed by atoms with van der Waals surface area (Å²) in [6, 6.07) is 7.98. The summed E-state index contributed by atoms with van der Waals surface area (Å²) in [6.45, 7) is -0.397. The molecule has 0 saturated carbocycles. The molecule has 0 bridgehead atoms.